The first-order chi connectivity index (χ1) is 14.0. The number of hydrogen-bond acceptors (Lipinski definition) is 5. The van der Waals surface area contributed by atoms with Crippen LogP contribution in [0.15, 0.2) is 77.0 Å². The van der Waals surface area contributed by atoms with Crippen molar-refractivity contribution in [2.24, 2.45) is 15.7 Å². The van der Waals surface area contributed by atoms with Gasteiger partial charge in [-0.1, -0.05) is 36.4 Å². The molecule has 3 aromatic rings. The average Bonchev–Trinajstić information content (AvgIpc) is 3.03. The molecule has 0 amide bonds. The molecule has 146 valence electrons. The third kappa shape index (κ3) is 3.49. The number of rotatable bonds is 5. The summed E-state index contributed by atoms with van der Waals surface area (Å²) in [6.45, 7) is 1.84. The van der Waals surface area contributed by atoms with Gasteiger partial charge in [0.05, 0.1) is 12.8 Å². The van der Waals surface area contributed by atoms with Crippen LogP contribution in [-0.2, 0) is 12.1 Å². The molecule has 0 radical (unpaired) electrons. The number of hydrogen-bond donors (Lipinski definition) is 1. The molecule has 0 fully saturated rings. The molecule has 2 N–H and O–H groups in total. The molecule has 1 aliphatic rings. The zero-order chi connectivity index (χ0) is 20.4. The molecule has 2 heterocycles. The van der Waals surface area contributed by atoms with Crippen molar-refractivity contribution in [3.63, 3.8) is 0 Å². The standard InChI is InChI=1S/C23H21FN4O/c1-15-22(25)28-23(27-15,13-16-6-5-11-26-14-16)18-8-3-7-17(12-18)19-9-4-10-20(29-2)21(19)24/h3-12,14H,13H2,1-2H3,(H2,25,28). The molecule has 1 atom stereocenters. The minimum absolute atomic E-state index is 0.204. The van der Waals surface area contributed by atoms with Gasteiger partial charge in [0.1, 0.15) is 5.84 Å². The molecule has 4 rings (SSSR count). The van der Waals surface area contributed by atoms with E-state index >= 15 is 0 Å². The van der Waals surface area contributed by atoms with Crippen LogP contribution in [0.3, 0.4) is 0 Å². The molecular weight excluding hydrogens is 367 g/mol. The van der Waals surface area contributed by atoms with Crippen molar-refractivity contribution in [2.75, 3.05) is 7.11 Å². The largest absolute Gasteiger partial charge is 0.494 e. The minimum atomic E-state index is -0.900. The molecule has 1 aliphatic heterocycles. The van der Waals surface area contributed by atoms with Crippen molar-refractivity contribution in [2.45, 2.75) is 19.0 Å². The quantitative estimate of drug-likeness (QED) is 0.714. The predicted molar refractivity (Wildman–Crippen MR) is 113 cm³/mol. The Bertz CT molecular complexity index is 1090. The van der Waals surface area contributed by atoms with Crippen molar-refractivity contribution in [3.8, 4) is 16.9 Å². The molecule has 0 bridgehead atoms. The highest BCUT2D eigenvalue weighted by atomic mass is 19.1. The van der Waals surface area contributed by atoms with E-state index in [0.717, 1.165) is 16.7 Å². The summed E-state index contributed by atoms with van der Waals surface area (Å²) in [6, 6.07) is 16.5. The van der Waals surface area contributed by atoms with E-state index in [0.29, 0.717) is 23.5 Å². The molecule has 2 aromatic carbocycles. The first-order valence-electron chi connectivity index (χ1n) is 9.27. The van der Waals surface area contributed by atoms with Gasteiger partial charge in [0, 0.05) is 29.9 Å². The van der Waals surface area contributed by atoms with Gasteiger partial charge in [0.2, 0.25) is 0 Å². The Morgan fingerprint density at radius 1 is 1.07 bits per heavy atom. The van der Waals surface area contributed by atoms with Crippen LogP contribution in [0.25, 0.3) is 11.1 Å². The number of halogens is 1. The van der Waals surface area contributed by atoms with Crippen LogP contribution < -0.4 is 10.5 Å². The SMILES string of the molecule is COc1cccc(-c2cccc(C3(Cc4cccnc4)N=C(C)C(N)=N3)c2)c1F. The molecule has 1 aromatic heterocycles. The monoisotopic (exact) mass is 388 g/mol. The topological polar surface area (TPSA) is 72.9 Å². The highest BCUT2D eigenvalue weighted by Gasteiger charge is 2.36. The van der Waals surface area contributed by atoms with Crippen LogP contribution in [0.5, 0.6) is 5.75 Å². The first kappa shape index (κ1) is 18.8. The molecular formula is C23H21FN4O. The van der Waals surface area contributed by atoms with Crippen LogP contribution in [0, 0.1) is 5.82 Å². The Kier molecular flexibility index (Phi) is 4.84. The molecule has 6 heteroatoms. The van der Waals surface area contributed by atoms with Crippen LogP contribution in [0.2, 0.25) is 0 Å². The second-order valence-electron chi connectivity index (χ2n) is 6.95. The number of methoxy groups -OCH3 is 1. The lowest BCUT2D eigenvalue weighted by Gasteiger charge is -2.24. The summed E-state index contributed by atoms with van der Waals surface area (Å²) in [4.78, 5) is 13.7. The van der Waals surface area contributed by atoms with Crippen molar-refractivity contribution in [1.82, 2.24) is 4.98 Å². The summed E-state index contributed by atoms with van der Waals surface area (Å²) in [6.07, 6.45) is 4.02. The Balaban J connectivity index is 1.83. The van der Waals surface area contributed by atoms with E-state index < -0.39 is 11.5 Å². The first-order valence-corrected chi connectivity index (χ1v) is 9.27. The number of nitrogens with two attached hydrogens (primary N) is 1. The molecule has 29 heavy (non-hydrogen) atoms. The van der Waals surface area contributed by atoms with Gasteiger partial charge in [-0.25, -0.2) is 9.38 Å². The van der Waals surface area contributed by atoms with Crippen molar-refractivity contribution in [1.29, 1.82) is 0 Å². The maximum absolute atomic E-state index is 14.8. The molecule has 1 unspecified atom stereocenters. The molecule has 0 saturated carbocycles. The Morgan fingerprint density at radius 3 is 2.59 bits per heavy atom. The molecule has 0 saturated heterocycles. The Morgan fingerprint density at radius 2 is 1.90 bits per heavy atom. The summed E-state index contributed by atoms with van der Waals surface area (Å²) in [5, 5.41) is 0. The summed E-state index contributed by atoms with van der Waals surface area (Å²) in [5.74, 6) is 0.212. The summed E-state index contributed by atoms with van der Waals surface area (Å²) in [5.41, 5.74) is 8.87. The third-order valence-corrected chi connectivity index (χ3v) is 5.02. The van der Waals surface area contributed by atoms with Crippen LogP contribution in [0.4, 0.5) is 4.39 Å². The number of aliphatic imine (C=N–C) groups is 2. The van der Waals surface area contributed by atoms with Crippen molar-refractivity contribution < 1.29 is 9.13 Å². The predicted octanol–water partition coefficient (Wildman–Crippen LogP) is 4.12. The van der Waals surface area contributed by atoms with Gasteiger partial charge in [-0.3, -0.25) is 9.98 Å². The van der Waals surface area contributed by atoms with Gasteiger partial charge in [-0.15, -0.1) is 0 Å². The van der Waals surface area contributed by atoms with Gasteiger partial charge in [-0.05, 0) is 36.2 Å². The minimum Gasteiger partial charge on any atom is -0.494 e. The normalized spacial score (nSPS) is 18.3. The maximum atomic E-state index is 14.8. The lowest BCUT2D eigenvalue weighted by Crippen LogP contribution is -2.23. The number of benzene rings is 2. The van der Waals surface area contributed by atoms with E-state index in [1.807, 2.05) is 43.3 Å². The summed E-state index contributed by atoms with van der Waals surface area (Å²) >= 11 is 0. The van der Waals surface area contributed by atoms with Gasteiger partial charge in [0.25, 0.3) is 0 Å². The summed E-state index contributed by atoms with van der Waals surface area (Å²) < 4.78 is 19.9. The lowest BCUT2D eigenvalue weighted by molar-refractivity contribution is 0.387. The number of pyridine rings is 1. The van der Waals surface area contributed by atoms with E-state index in [4.69, 9.17) is 20.5 Å². The maximum Gasteiger partial charge on any atom is 0.182 e. The van der Waals surface area contributed by atoms with E-state index in [9.17, 15) is 4.39 Å². The highest BCUT2D eigenvalue weighted by molar-refractivity contribution is 6.41. The number of amidine groups is 1. The zero-order valence-electron chi connectivity index (χ0n) is 16.3. The fourth-order valence-electron chi connectivity index (χ4n) is 3.56. The second-order valence-corrected chi connectivity index (χ2v) is 6.95. The van der Waals surface area contributed by atoms with Crippen molar-refractivity contribution >= 4 is 11.5 Å². The van der Waals surface area contributed by atoms with Crippen LogP contribution >= 0.6 is 0 Å². The molecule has 0 spiro atoms. The lowest BCUT2D eigenvalue weighted by atomic mass is 9.91. The molecule has 0 aliphatic carbocycles. The van der Waals surface area contributed by atoms with Crippen molar-refractivity contribution in [3.05, 3.63) is 83.9 Å². The van der Waals surface area contributed by atoms with E-state index in [1.54, 1.807) is 30.6 Å². The van der Waals surface area contributed by atoms with Crippen LogP contribution in [-0.4, -0.2) is 23.6 Å². The fraction of sp³-hybridized carbons (Fsp3) is 0.174. The number of nitrogens with zero attached hydrogens (tertiary/aromatic N) is 3. The van der Waals surface area contributed by atoms with E-state index in [1.165, 1.54) is 7.11 Å². The average molecular weight is 388 g/mol. The second kappa shape index (κ2) is 7.47. The fourth-order valence-corrected chi connectivity index (χ4v) is 3.56. The highest BCUT2D eigenvalue weighted by Crippen LogP contribution is 2.38. The van der Waals surface area contributed by atoms with E-state index in [2.05, 4.69) is 4.98 Å². The van der Waals surface area contributed by atoms with Gasteiger partial charge < -0.3 is 10.5 Å². The third-order valence-electron chi connectivity index (χ3n) is 5.02. The van der Waals surface area contributed by atoms with E-state index in [-0.39, 0.29) is 5.75 Å². The van der Waals surface area contributed by atoms with Gasteiger partial charge in [-0.2, -0.15) is 0 Å². The van der Waals surface area contributed by atoms with Gasteiger partial charge >= 0.3 is 0 Å². The summed E-state index contributed by atoms with van der Waals surface area (Å²) in [7, 11) is 1.45. The van der Waals surface area contributed by atoms with Crippen LogP contribution in [0.1, 0.15) is 18.1 Å². The smallest absolute Gasteiger partial charge is 0.182 e. The molecule has 5 nitrogen and oxygen atoms in total. The zero-order valence-corrected chi connectivity index (χ0v) is 16.3. The Hall–Kier alpha value is -3.54. The number of aromatic nitrogens is 1. The number of ether oxygens (including phenoxy) is 1. The van der Waals surface area contributed by atoms with Gasteiger partial charge in [0.15, 0.2) is 17.2 Å². The Labute approximate surface area is 168 Å².